The average molecular weight is 317 g/mol. The van der Waals surface area contributed by atoms with Gasteiger partial charge in [0.25, 0.3) is 5.91 Å². The normalized spacial score (nSPS) is 10.6. The van der Waals surface area contributed by atoms with E-state index in [0.717, 1.165) is 5.69 Å². The molecule has 1 N–H and O–H groups in total. The fraction of sp³-hybridized carbons (Fsp3) is 0.143. The first-order valence-corrected chi connectivity index (χ1v) is 7.50. The lowest BCUT2D eigenvalue weighted by molar-refractivity contribution is 0.0948. The number of thiazole rings is 1. The van der Waals surface area contributed by atoms with Crippen LogP contribution in [-0.4, -0.2) is 32.4 Å². The summed E-state index contributed by atoms with van der Waals surface area (Å²) in [4.78, 5) is 17.4. The monoisotopic (exact) mass is 317 g/mol. The number of hydrogen-bond donors (Lipinski definition) is 1. The number of aromatic nitrogens is 4. The van der Waals surface area contributed by atoms with Gasteiger partial charge in [0.15, 0.2) is 5.69 Å². The summed E-state index contributed by atoms with van der Waals surface area (Å²) in [5.74, 6) is -0.639. The summed E-state index contributed by atoms with van der Waals surface area (Å²) in [5, 5.41) is 12.8. The number of benzene rings is 1. The van der Waals surface area contributed by atoms with Gasteiger partial charge in [-0.05, 0) is 24.3 Å². The molecule has 2 aromatic heterocycles. The summed E-state index contributed by atoms with van der Waals surface area (Å²) in [6.45, 7) is 0.478. The van der Waals surface area contributed by atoms with E-state index in [1.165, 1.54) is 34.5 Å². The van der Waals surface area contributed by atoms with Crippen LogP contribution in [0, 0.1) is 5.82 Å². The van der Waals surface area contributed by atoms with Crippen molar-refractivity contribution in [1.29, 1.82) is 0 Å². The van der Waals surface area contributed by atoms with Crippen molar-refractivity contribution in [2.75, 3.05) is 6.54 Å². The van der Waals surface area contributed by atoms with Crippen LogP contribution < -0.4 is 5.32 Å². The number of hydrogen-bond acceptors (Lipinski definition) is 5. The maximum absolute atomic E-state index is 12.9. The lowest BCUT2D eigenvalue weighted by atomic mass is 10.3. The highest BCUT2D eigenvalue weighted by Crippen LogP contribution is 2.07. The average Bonchev–Trinajstić information content (AvgIpc) is 3.19. The zero-order chi connectivity index (χ0) is 15.4. The van der Waals surface area contributed by atoms with Gasteiger partial charge in [0.1, 0.15) is 5.82 Å². The molecule has 0 saturated heterocycles. The van der Waals surface area contributed by atoms with E-state index in [4.69, 9.17) is 0 Å². The first-order chi connectivity index (χ1) is 10.7. The smallest absolute Gasteiger partial charge is 0.273 e. The molecule has 3 aromatic rings. The molecule has 6 nitrogen and oxygen atoms in total. The Kier molecular flexibility index (Phi) is 4.19. The molecule has 2 heterocycles. The summed E-state index contributed by atoms with van der Waals surface area (Å²) in [7, 11) is 0. The van der Waals surface area contributed by atoms with Crippen molar-refractivity contribution in [3.05, 3.63) is 58.6 Å². The van der Waals surface area contributed by atoms with Gasteiger partial charge in [-0.3, -0.25) is 4.79 Å². The van der Waals surface area contributed by atoms with E-state index in [1.54, 1.807) is 17.6 Å². The van der Waals surface area contributed by atoms with Crippen molar-refractivity contribution >= 4 is 17.2 Å². The van der Waals surface area contributed by atoms with Crippen LogP contribution >= 0.6 is 11.3 Å². The fourth-order valence-corrected chi connectivity index (χ4v) is 2.41. The Bertz CT molecular complexity index is 754. The molecule has 0 atom stereocenters. The summed E-state index contributed by atoms with van der Waals surface area (Å²) in [6.07, 6.45) is 2.04. The SMILES string of the molecule is O=C(NCCc1cscn1)c1cnn(-c2ccc(F)cc2)n1. The van der Waals surface area contributed by atoms with E-state index >= 15 is 0 Å². The molecule has 0 fully saturated rings. The third-order valence-electron chi connectivity index (χ3n) is 2.93. The highest BCUT2D eigenvalue weighted by Gasteiger charge is 2.11. The fourth-order valence-electron chi connectivity index (χ4n) is 1.82. The second-order valence-electron chi connectivity index (χ2n) is 4.48. The van der Waals surface area contributed by atoms with Crippen LogP contribution in [0.1, 0.15) is 16.2 Å². The van der Waals surface area contributed by atoms with Crippen LogP contribution in [-0.2, 0) is 6.42 Å². The second-order valence-corrected chi connectivity index (χ2v) is 5.20. The van der Waals surface area contributed by atoms with Crippen molar-refractivity contribution in [3.63, 3.8) is 0 Å². The zero-order valence-electron chi connectivity index (χ0n) is 11.4. The molecule has 0 aliphatic heterocycles. The van der Waals surface area contributed by atoms with Crippen molar-refractivity contribution in [1.82, 2.24) is 25.3 Å². The van der Waals surface area contributed by atoms with Gasteiger partial charge in [-0.1, -0.05) is 0 Å². The molecule has 0 saturated carbocycles. The minimum Gasteiger partial charge on any atom is -0.350 e. The Morgan fingerprint density at radius 3 is 2.86 bits per heavy atom. The van der Waals surface area contributed by atoms with Gasteiger partial charge in [0, 0.05) is 18.3 Å². The molecule has 0 aliphatic rings. The minimum atomic E-state index is -0.337. The summed E-state index contributed by atoms with van der Waals surface area (Å²) in [6, 6.07) is 5.71. The Morgan fingerprint density at radius 2 is 2.14 bits per heavy atom. The van der Waals surface area contributed by atoms with Gasteiger partial charge in [0.2, 0.25) is 0 Å². The zero-order valence-corrected chi connectivity index (χ0v) is 12.3. The van der Waals surface area contributed by atoms with E-state index in [2.05, 4.69) is 20.5 Å². The Hall–Kier alpha value is -2.61. The standard InChI is InChI=1S/C14H12FN5OS/c15-10-1-3-12(4-2-10)20-18-7-13(19-20)14(21)16-6-5-11-8-22-9-17-11/h1-4,7-9H,5-6H2,(H,16,21). The van der Waals surface area contributed by atoms with Crippen molar-refractivity contribution < 1.29 is 9.18 Å². The topological polar surface area (TPSA) is 72.7 Å². The molecule has 8 heteroatoms. The second kappa shape index (κ2) is 6.44. The highest BCUT2D eigenvalue weighted by molar-refractivity contribution is 7.07. The van der Waals surface area contributed by atoms with E-state index in [0.29, 0.717) is 18.7 Å². The van der Waals surface area contributed by atoms with Crippen LogP contribution in [0.5, 0.6) is 0 Å². The number of carbonyl (C=O) groups excluding carboxylic acids is 1. The van der Waals surface area contributed by atoms with Gasteiger partial charge < -0.3 is 5.32 Å². The Balaban J connectivity index is 1.60. The van der Waals surface area contributed by atoms with Crippen LogP contribution in [0.15, 0.2) is 41.4 Å². The van der Waals surface area contributed by atoms with Crippen LogP contribution in [0.4, 0.5) is 4.39 Å². The molecule has 1 amide bonds. The van der Waals surface area contributed by atoms with E-state index in [1.807, 2.05) is 5.38 Å². The van der Waals surface area contributed by atoms with Crippen LogP contribution in [0.25, 0.3) is 5.69 Å². The Labute approximate surface area is 129 Å². The third-order valence-corrected chi connectivity index (χ3v) is 3.57. The third kappa shape index (κ3) is 3.34. The maximum Gasteiger partial charge on any atom is 0.273 e. The number of nitrogens with one attached hydrogen (secondary N) is 1. The molecule has 0 radical (unpaired) electrons. The van der Waals surface area contributed by atoms with Crippen LogP contribution in [0.3, 0.4) is 0 Å². The molecule has 3 rings (SSSR count). The van der Waals surface area contributed by atoms with Gasteiger partial charge in [-0.2, -0.15) is 9.90 Å². The van der Waals surface area contributed by atoms with Gasteiger partial charge in [-0.25, -0.2) is 9.37 Å². The molecule has 1 aromatic carbocycles. The summed E-state index contributed by atoms with van der Waals surface area (Å²) < 4.78 is 12.9. The molecule has 0 unspecified atom stereocenters. The lowest BCUT2D eigenvalue weighted by Gasteiger charge is -2.01. The van der Waals surface area contributed by atoms with E-state index < -0.39 is 0 Å². The molecule has 0 spiro atoms. The number of amides is 1. The Morgan fingerprint density at radius 1 is 1.32 bits per heavy atom. The molecule has 112 valence electrons. The first kappa shape index (κ1) is 14.3. The molecular formula is C14H12FN5OS. The molecule has 0 aliphatic carbocycles. The molecule has 0 bridgehead atoms. The van der Waals surface area contributed by atoms with E-state index in [9.17, 15) is 9.18 Å². The van der Waals surface area contributed by atoms with Crippen molar-refractivity contribution in [2.45, 2.75) is 6.42 Å². The predicted octanol–water partition coefficient (Wildman–Crippen LogP) is 1.84. The molecule has 22 heavy (non-hydrogen) atoms. The van der Waals surface area contributed by atoms with Crippen molar-refractivity contribution in [3.8, 4) is 5.69 Å². The maximum atomic E-state index is 12.9. The van der Waals surface area contributed by atoms with Gasteiger partial charge in [0.05, 0.1) is 23.1 Å². The number of rotatable bonds is 5. The quantitative estimate of drug-likeness (QED) is 0.779. The highest BCUT2D eigenvalue weighted by atomic mass is 32.1. The minimum absolute atomic E-state index is 0.211. The van der Waals surface area contributed by atoms with E-state index in [-0.39, 0.29) is 17.4 Å². The summed E-state index contributed by atoms with van der Waals surface area (Å²) in [5.41, 5.74) is 3.50. The van der Waals surface area contributed by atoms with Crippen LogP contribution in [0.2, 0.25) is 0 Å². The van der Waals surface area contributed by atoms with Gasteiger partial charge in [-0.15, -0.1) is 16.4 Å². The number of halogens is 1. The predicted molar refractivity (Wildman–Crippen MR) is 79.5 cm³/mol. The van der Waals surface area contributed by atoms with Gasteiger partial charge >= 0.3 is 0 Å². The van der Waals surface area contributed by atoms with Crippen molar-refractivity contribution in [2.24, 2.45) is 0 Å². The molecular weight excluding hydrogens is 305 g/mol. The number of carbonyl (C=O) groups is 1. The summed E-state index contributed by atoms with van der Waals surface area (Å²) >= 11 is 1.52. The number of nitrogens with zero attached hydrogens (tertiary/aromatic N) is 4. The largest absolute Gasteiger partial charge is 0.350 e. The first-order valence-electron chi connectivity index (χ1n) is 6.56. The lowest BCUT2D eigenvalue weighted by Crippen LogP contribution is -2.26.